The molecule has 0 saturated heterocycles. The van der Waals surface area contributed by atoms with Crippen LogP contribution in [0, 0.1) is 11.8 Å². The SMILES string of the molecule is CCCCC(CC)CSP([O-])([O-])=S.CCCCC(CC)CSP([O-])([O-])=S.O=S.[Mo+4]. The van der Waals surface area contributed by atoms with Crippen molar-refractivity contribution < 1.29 is 44.8 Å². The molecule has 0 aromatic heterocycles. The summed E-state index contributed by atoms with van der Waals surface area (Å²) in [6.07, 6.45) is 9.03. The summed E-state index contributed by atoms with van der Waals surface area (Å²) < 4.78 is 7.83. The van der Waals surface area contributed by atoms with Crippen molar-refractivity contribution in [3.8, 4) is 0 Å². The van der Waals surface area contributed by atoms with Crippen molar-refractivity contribution in [3.63, 3.8) is 0 Å². The maximum Gasteiger partial charge on any atom is 4.00 e. The Morgan fingerprint density at radius 2 is 1.00 bits per heavy atom. The fourth-order valence-corrected chi connectivity index (χ4v) is 7.24. The topological polar surface area (TPSA) is 109 Å². The van der Waals surface area contributed by atoms with Crippen LogP contribution in [0.5, 0.6) is 0 Å². The van der Waals surface area contributed by atoms with Crippen LogP contribution in [0.2, 0.25) is 0 Å². The molecular formula is C16H34MoO5P2S5. The maximum atomic E-state index is 10.7. The third-order valence-corrected chi connectivity index (χ3v) is 10.6. The number of hydrogen-bond donors (Lipinski definition) is 0. The Morgan fingerprint density at radius 3 is 1.17 bits per heavy atom. The van der Waals surface area contributed by atoms with E-state index in [4.69, 9.17) is 4.21 Å². The van der Waals surface area contributed by atoms with Crippen LogP contribution in [0.15, 0.2) is 0 Å². The summed E-state index contributed by atoms with van der Waals surface area (Å²) in [5, 5.41) is 0. The zero-order chi connectivity index (χ0) is 22.6. The van der Waals surface area contributed by atoms with E-state index in [1.165, 1.54) is 25.7 Å². The Bertz CT molecular complexity index is 402. The zero-order valence-electron chi connectivity index (χ0n) is 17.6. The van der Waals surface area contributed by atoms with E-state index in [0.717, 1.165) is 48.4 Å². The van der Waals surface area contributed by atoms with Crippen LogP contribution in [0.1, 0.15) is 79.1 Å². The number of unbranched alkanes of at least 4 members (excludes halogenated alkanes) is 2. The first-order valence-electron chi connectivity index (χ1n) is 9.48. The second kappa shape index (κ2) is 25.2. The third-order valence-electron chi connectivity index (χ3n) is 4.02. The minimum absolute atomic E-state index is 0. The van der Waals surface area contributed by atoms with Crippen LogP contribution in [0.3, 0.4) is 0 Å². The van der Waals surface area contributed by atoms with Crippen molar-refractivity contribution in [2.45, 2.75) is 79.1 Å². The summed E-state index contributed by atoms with van der Waals surface area (Å²) in [4.78, 5) is 42.9. The van der Waals surface area contributed by atoms with E-state index in [9.17, 15) is 19.6 Å². The van der Waals surface area contributed by atoms with Gasteiger partial charge in [-0.25, -0.2) is 0 Å². The van der Waals surface area contributed by atoms with Gasteiger partial charge in [-0.05, 0) is 36.2 Å². The molecule has 0 heterocycles. The van der Waals surface area contributed by atoms with Gasteiger partial charge in [0, 0.05) is 0 Å². The fourth-order valence-electron chi connectivity index (χ4n) is 2.19. The van der Waals surface area contributed by atoms with Crippen LogP contribution in [-0.2, 0) is 57.2 Å². The predicted molar refractivity (Wildman–Crippen MR) is 128 cm³/mol. The van der Waals surface area contributed by atoms with Gasteiger partial charge in [-0.15, -0.1) is 23.6 Å². The monoisotopic (exact) mass is 626 g/mol. The molecule has 0 radical (unpaired) electrons. The second-order valence-electron chi connectivity index (χ2n) is 6.32. The molecule has 2 unspecified atom stereocenters. The summed E-state index contributed by atoms with van der Waals surface area (Å²) in [5.41, 5.74) is -7.03. The van der Waals surface area contributed by atoms with Crippen molar-refractivity contribution in [2.75, 3.05) is 11.5 Å². The number of rotatable bonds is 14. The van der Waals surface area contributed by atoms with Crippen LogP contribution in [0.4, 0.5) is 0 Å². The first kappa shape index (κ1) is 38.8. The molecule has 0 aliphatic rings. The molecule has 0 fully saturated rings. The van der Waals surface area contributed by atoms with Crippen molar-refractivity contribution >= 4 is 70.3 Å². The second-order valence-corrected chi connectivity index (χ2v) is 18.0. The van der Waals surface area contributed by atoms with E-state index < -0.39 is 11.4 Å². The van der Waals surface area contributed by atoms with E-state index in [1.807, 2.05) is 0 Å². The van der Waals surface area contributed by atoms with E-state index in [2.05, 4.69) is 63.8 Å². The molecule has 29 heavy (non-hydrogen) atoms. The summed E-state index contributed by atoms with van der Waals surface area (Å²) in [7, 11) is 0. The Kier molecular flexibility index (Phi) is 33.7. The third kappa shape index (κ3) is 35.3. The van der Waals surface area contributed by atoms with Crippen molar-refractivity contribution in [1.82, 2.24) is 0 Å². The molecule has 0 rings (SSSR count). The Balaban J connectivity index is -0.000000192. The summed E-state index contributed by atoms with van der Waals surface area (Å²) >= 11 is 13.3. The van der Waals surface area contributed by atoms with Crippen LogP contribution < -0.4 is 19.6 Å². The predicted octanol–water partition coefficient (Wildman–Crippen LogP) is 3.42. The van der Waals surface area contributed by atoms with Crippen LogP contribution in [-0.4, -0.2) is 15.7 Å². The number of hydrogen-bond acceptors (Lipinski definition) is 10. The summed E-state index contributed by atoms with van der Waals surface area (Å²) in [6, 6.07) is 0. The van der Waals surface area contributed by atoms with Crippen molar-refractivity contribution in [1.29, 1.82) is 0 Å². The van der Waals surface area contributed by atoms with Gasteiger partial charge in [-0.2, -0.15) is 38.4 Å². The van der Waals surface area contributed by atoms with Gasteiger partial charge in [0.1, 0.15) is 0 Å². The fraction of sp³-hybridized carbons (Fsp3) is 1.00. The minimum atomic E-state index is -3.51. The van der Waals surface area contributed by atoms with Gasteiger partial charge in [0.25, 0.3) is 0 Å². The van der Waals surface area contributed by atoms with Gasteiger partial charge in [0.2, 0.25) is 0 Å². The van der Waals surface area contributed by atoms with Gasteiger partial charge in [-0.3, -0.25) is 0 Å². The minimum Gasteiger partial charge on any atom is -0.825 e. The quantitative estimate of drug-likeness (QED) is 0.211. The van der Waals surface area contributed by atoms with E-state index in [0.29, 0.717) is 23.3 Å². The zero-order valence-corrected chi connectivity index (χ0v) is 25.5. The van der Waals surface area contributed by atoms with Gasteiger partial charge in [0.15, 0.2) is 12.5 Å². The van der Waals surface area contributed by atoms with Crippen molar-refractivity contribution in [2.24, 2.45) is 11.8 Å². The molecule has 0 amide bonds. The Morgan fingerprint density at radius 1 is 0.724 bits per heavy atom. The summed E-state index contributed by atoms with van der Waals surface area (Å²) in [5.74, 6) is 2.35. The van der Waals surface area contributed by atoms with E-state index in [1.54, 1.807) is 0 Å². The molecule has 13 heteroatoms. The van der Waals surface area contributed by atoms with E-state index >= 15 is 0 Å². The average molecular weight is 625 g/mol. The van der Waals surface area contributed by atoms with Gasteiger partial charge >= 0.3 is 21.1 Å². The molecular weight excluding hydrogens is 590 g/mol. The molecule has 2 atom stereocenters. The molecule has 0 aliphatic heterocycles. The maximum absolute atomic E-state index is 10.7. The molecule has 0 spiro atoms. The molecule has 0 aromatic carbocycles. The average Bonchev–Trinajstić information content (AvgIpc) is 2.62. The largest absolute Gasteiger partial charge is 4.00 e. The summed E-state index contributed by atoms with van der Waals surface area (Å²) in [6.45, 7) is 8.48. The molecule has 0 bridgehead atoms. The molecule has 174 valence electrons. The smallest absolute Gasteiger partial charge is 0.825 e. The van der Waals surface area contributed by atoms with Crippen LogP contribution >= 0.6 is 34.2 Å². The van der Waals surface area contributed by atoms with Crippen molar-refractivity contribution in [3.05, 3.63) is 0 Å². The molecule has 0 saturated carbocycles. The van der Waals surface area contributed by atoms with E-state index in [-0.39, 0.29) is 21.1 Å². The van der Waals surface area contributed by atoms with Gasteiger partial charge in [-0.1, -0.05) is 66.2 Å². The first-order chi connectivity index (χ1) is 13.0. The van der Waals surface area contributed by atoms with Gasteiger partial charge in [0.05, 0.1) is 0 Å². The normalized spacial score (nSPS) is 13.1. The standard InChI is InChI=1S/2C8H19O2PS2.Mo.OS/c2*1-3-5-6-8(4-2)7-13-11(9,10)12;;1-2/h2*8H,3-7H2,1-2H3,(H2,9,10,12);;/q;;+4;/p-4. The Labute approximate surface area is 216 Å². The Hall–Kier alpha value is 2.55. The van der Waals surface area contributed by atoms with Crippen LogP contribution in [0.25, 0.3) is 0 Å². The first-order valence-corrected chi connectivity index (χ1v) is 18.3. The molecule has 0 aromatic rings. The molecule has 5 nitrogen and oxygen atoms in total. The molecule has 0 aliphatic carbocycles. The van der Waals surface area contributed by atoms with Gasteiger partial charge < -0.3 is 19.6 Å². The molecule has 0 N–H and O–H groups in total.